The Morgan fingerprint density at radius 1 is 0.828 bits per heavy atom. The molecule has 3 heterocycles. The molecule has 0 atom stereocenters. The molecule has 29 heavy (non-hydrogen) atoms. The van der Waals surface area contributed by atoms with Crippen molar-refractivity contribution in [3.8, 4) is 0 Å². The maximum Gasteiger partial charge on any atom is 0.261 e. The monoisotopic (exact) mass is 386 g/mol. The SMILES string of the molecule is O=C1c2ccccc2C(=O)N1Cc1nc2cccnc2n1Cc1ccc(F)cc1. The van der Waals surface area contributed by atoms with Gasteiger partial charge in [0.1, 0.15) is 17.2 Å². The molecule has 142 valence electrons. The van der Waals surface area contributed by atoms with Gasteiger partial charge in [0.05, 0.1) is 24.2 Å². The zero-order valence-corrected chi connectivity index (χ0v) is 15.2. The summed E-state index contributed by atoms with van der Waals surface area (Å²) in [6.45, 7) is 0.427. The van der Waals surface area contributed by atoms with Crippen LogP contribution in [0.3, 0.4) is 0 Å². The van der Waals surface area contributed by atoms with Gasteiger partial charge in [-0.25, -0.2) is 14.4 Å². The van der Waals surface area contributed by atoms with Crippen LogP contribution in [-0.2, 0) is 13.1 Å². The Kier molecular flexibility index (Phi) is 3.94. The zero-order valence-electron chi connectivity index (χ0n) is 15.2. The van der Waals surface area contributed by atoms with Crippen molar-refractivity contribution in [2.24, 2.45) is 0 Å². The van der Waals surface area contributed by atoms with Gasteiger partial charge in [-0.1, -0.05) is 24.3 Å². The van der Waals surface area contributed by atoms with E-state index in [-0.39, 0.29) is 24.2 Å². The van der Waals surface area contributed by atoms with Crippen molar-refractivity contribution in [3.05, 3.63) is 95.2 Å². The van der Waals surface area contributed by atoms with Crippen LogP contribution in [0, 0.1) is 5.82 Å². The summed E-state index contributed by atoms with van der Waals surface area (Å²) in [6, 6.07) is 16.6. The van der Waals surface area contributed by atoms with Gasteiger partial charge in [0.25, 0.3) is 11.8 Å². The van der Waals surface area contributed by atoms with E-state index < -0.39 is 0 Å². The molecule has 0 aliphatic carbocycles. The number of pyridine rings is 1. The molecule has 4 aromatic rings. The number of carbonyl (C=O) groups excluding carboxylic acids is 2. The van der Waals surface area contributed by atoms with Crippen LogP contribution in [-0.4, -0.2) is 31.2 Å². The summed E-state index contributed by atoms with van der Waals surface area (Å²) in [6.07, 6.45) is 1.66. The number of fused-ring (bicyclic) bond motifs is 2. The molecule has 5 rings (SSSR count). The molecular formula is C22H15FN4O2. The Bertz CT molecular complexity index is 1230. The summed E-state index contributed by atoms with van der Waals surface area (Å²) >= 11 is 0. The van der Waals surface area contributed by atoms with Crippen molar-refractivity contribution in [2.75, 3.05) is 0 Å². The molecule has 0 saturated heterocycles. The normalized spacial score (nSPS) is 13.3. The second-order valence-electron chi connectivity index (χ2n) is 6.83. The minimum absolute atomic E-state index is 0.0316. The number of aromatic nitrogens is 3. The fraction of sp³-hybridized carbons (Fsp3) is 0.0909. The van der Waals surface area contributed by atoms with Crippen molar-refractivity contribution in [1.29, 1.82) is 0 Å². The highest BCUT2D eigenvalue weighted by atomic mass is 19.1. The number of hydrogen-bond donors (Lipinski definition) is 0. The third kappa shape index (κ3) is 2.87. The number of carbonyl (C=O) groups is 2. The van der Waals surface area contributed by atoms with Crippen LogP contribution < -0.4 is 0 Å². The number of imide groups is 1. The Balaban J connectivity index is 1.54. The third-order valence-electron chi connectivity index (χ3n) is 5.01. The highest BCUT2D eigenvalue weighted by Crippen LogP contribution is 2.25. The molecule has 2 aromatic heterocycles. The van der Waals surface area contributed by atoms with E-state index >= 15 is 0 Å². The van der Waals surface area contributed by atoms with E-state index in [0.717, 1.165) is 5.56 Å². The van der Waals surface area contributed by atoms with Gasteiger partial charge in [-0.05, 0) is 42.0 Å². The minimum Gasteiger partial charge on any atom is -0.307 e. The van der Waals surface area contributed by atoms with E-state index in [1.807, 2.05) is 10.6 Å². The van der Waals surface area contributed by atoms with E-state index in [1.54, 1.807) is 48.7 Å². The summed E-state index contributed by atoms with van der Waals surface area (Å²) < 4.78 is 15.1. The fourth-order valence-electron chi connectivity index (χ4n) is 3.59. The van der Waals surface area contributed by atoms with Gasteiger partial charge in [0, 0.05) is 6.20 Å². The van der Waals surface area contributed by atoms with E-state index in [2.05, 4.69) is 9.97 Å². The predicted molar refractivity (Wildman–Crippen MR) is 104 cm³/mol. The number of benzene rings is 2. The molecule has 7 heteroatoms. The van der Waals surface area contributed by atoms with Crippen LogP contribution in [0.25, 0.3) is 11.2 Å². The van der Waals surface area contributed by atoms with Gasteiger partial charge in [0.15, 0.2) is 5.65 Å². The minimum atomic E-state index is -0.334. The van der Waals surface area contributed by atoms with Crippen molar-refractivity contribution in [3.63, 3.8) is 0 Å². The fourth-order valence-corrected chi connectivity index (χ4v) is 3.59. The average molecular weight is 386 g/mol. The molecule has 0 N–H and O–H groups in total. The Morgan fingerprint density at radius 2 is 1.52 bits per heavy atom. The largest absolute Gasteiger partial charge is 0.307 e. The van der Waals surface area contributed by atoms with Crippen molar-refractivity contribution < 1.29 is 14.0 Å². The van der Waals surface area contributed by atoms with E-state index in [9.17, 15) is 14.0 Å². The number of halogens is 1. The topological polar surface area (TPSA) is 68.1 Å². The highest BCUT2D eigenvalue weighted by Gasteiger charge is 2.36. The maximum absolute atomic E-state index is 13.3. The van der Waals surface area contributed by atoms with Crippen LogP contribution in [0.1, 0.15) is 32.1 Å². The molecule has 6 nitrogen and oxygen atoms in total. The summed E-state index contributed by atoms with van der Waals surface area (Å²) in [5.41, 5.74) is 2.97. The average Bonchev–Trinajstić information content (AvgIpc) is 3.21. The molecule has 0 unspecified atom stereocenters. The zero-order chi connectivity index (χ0) is 20.0. The first-order valence-corrected chi connectivity index (χ1v) is 9.11. The third-order valence-corrected chi connectivity index (χ3v) is 5.01. The lowest BCUT2D eigenvalue weighted by atomic mass is 10.1. The van der Waals surface area contributed by atoms with Crippen molar-refractivity contribution >= 4 is 23.0 Å². The molecule has 2 amide bonds. The van der Waals surface area contributed by atoms with Crippen LogP contribution in [0.4, 0.5) is 4.39 Å². The number of imidazole rings is 1. The number of nitrogens with zero attached hydrogens (tertiary/aromatic N) is 4. The lowest BCUT2D eigenvalue weighted by Gasteiger charge is -2.15. The molecule has 1 aliphatic heterocycles. The lowest BCUT2D eigenvalue weighted by Crippen LogP contribution is -2.30. The van der Waals surface area contributed by atoms with E-state index in [1.165, 1.54) is 17.0 Å². The van der Waals surface area contributed by atoms with Crippen LogP contribution in [0.5, 0.6) is 0 Å². The summed E-state index contributed by atoms with van der Waals surface area (Å²) in [7, 11) is 0. The van der Waals surface area contributed by atoms with Crippen LogP contribution in [0.2, 0.25) is 0 Å². The molecule has 0 radical (unpaired) electrons. The van der Waals surface area contributed by atoms with Gasteiger partial charge in [-0.3, -0.25) is 14.5 Å². The molecule has 0 fully saturated rings. The van der Waals surface area contributed by atoms with Gasteiger partial charge < -0.3 is 4.57 Å². The van der Waals surface area contributed by atoms with Crippen LogP contribution >= 0.6 is 0 Å². The first-order chi connectivity index (χ1) is 14.1. The van der Waals surface area contributed by atoms with Gasteiger partial charge in [-0.2, -0.15) is 0 Å². The van der Waals surface area contributed by atoms with Crippen LogP contribution in [0.15, 0.2) is 66.9 Å². The smallest absolute Gasteiger partial charge is 0.261 e. The highest BCUT2D eigenvalue weighted by molar-refractivity contribution is 6.21. The Labute approximate surface area is 165 Å². The number of rotatable bonds is 4. The molecule has 1 aliphatic rings. The quantitative estimate of drug-likeness (QED) is 0.504. The predicted octanol–water partition coefficient (Wildman–Crippen LogP) is 3.41. The maximum atomic E-state index is 13.3. The molecular weight excluding hydrogens is 371 g/mol. The first-order valence-electron chi connectivity index (χ1n) is 9.11. The Morgan fingerprint density at radius 3 is 2.21 bits per heavy atom. The van der Waals surface area contributed by atoms with E-state index in [0.29, 0.717) is 34.7 Å². The van der Waals surface area contributed by atoms with Gasteiger partial charge in [-0.15, -0.1) is 0 Å². The van der Waals surface area contributed by atoms with Gasteiger partial charge in [0.2, 0.25) is 0 Å². The van der Waals surface area contributed by atoms with Gasteiger partial charge >= 0.3 is 0 Å². The lowest BCUT2D eigenvalue weighted by molar-refractivity contribution is 0.0637. The number of hydrogen-bond acceptors (Lipinski definition) is 4. The van der Waals surface area contributed by atoms with Crippen molar-refractivity contribution in [2.45, 2.75) is 13.1 Å². The molecule has 0 bridgehead atoms. The Hall–Kier alpha value is -3.87. The first kappa shape index (κ1) is 17.2. The molecule has 2 aromatic carbocycles. The second kappa shape index (κ2) is 6.63. The molecule has 0 spiro atoms. The summed E-state index contributed by atoms with van der Waals surface area (Å²) in [5, 5.41) is 0. The second-order valence-corrected chi connectivity index (χ2v) is 6.83. The van der Waals surface area contributed by atoms with Crippen molar-refractivity contribution in [1.82, 2.24) is 19.4 Å². The molecule has 0 saturated carbocycles. The summed E-state index contributed by atoms with van der Waals surface area (Å²) in [5.74, 6) is -0.441. The van der Waals surface area contributed by atoms with E-state index in [4.69, 9.17) is 0 Å². The standard InChI is InChI=1S/C22H15FN4O2/c23-15-9-7-14(8-10-15)12-26-19(25-18-6-3-11-24-20(18)26)13-27-21(28)16-4-1-2-5-17(16)22(27)29/h1-11H,12-13H2. The summed E-state index contributed by atoms with van der Waals surface area (Å²) in [4.78, 5) is 35.7. The number of amides is 2.